The van der Waals surface area contributed by atoms with Crippen LogP contribution < -0.4 is 41.1 Å². The number of carbonyl (C=O) groups excluding carboxylic acids is 6. The van der Waals surface area contributed by atoms with Crippen molar-refractivity contribution in [1.82, 2.24) is 30.8 Å². The van der Waals surface area contributed by atoms with Gasteiger partial charge in [0.05, 0.1) is 36.4 Å². The van der Waals surface area contributed by atoms with Crippen molar-refractivity contribution in [2.45, 2.75) is 51.4 Å². The molecule has 17 nitrogen and oxygen atoms in total. The Hall–Kier alpha value is -6.11. The summed E-state index contributed by atoms with van der Waals surface area (Å²) in [6, 6.07) is 12.5. The summed E-state index contributed by atoms with van der Waals surface area (Å²) in [5.74, 6) is -0.714. The molecule has 2 aromatic heterocycles. The summed E-state index contributed by atoms with van der Waals surface area (Å²) in [6.45, 7) is 2.98. The number of thiophene rings is 1. The number of hydrogen-bond donors (Lipinski definition) is 5. The van der Waals surface area contributed by atoms with E-state index < -0.39 is 18.0 Å². The van der Waals surface area contributed by atoms with Gasteiger partial charge in [0.1, 0.15) is 23.5 Å². The molecule has 0 saturated carbocycles. The molecule has 7 rings (SSSR count). The zero-order chi connectivity index (χ0) is 41.1. The summed E-state index contributed by atoms with van der Waals surface area (Å²) in [6.07, 6.45) is 2.56. The molecule has 0 radical (unpaired) electrons. The number of piperidine rings is 1. The lowest BCUT2D eigenvalue weighted by atomic mass is 10.0. The van der Waals surface area contributed by atoms with E-state index in [1.165, 1.54) is 23.3 Å². The average molecular weight is 829 g/mol. The first-order valence-electron chi connectivity index (χ1n) is 18.6. The molecule has 19 heteroatoms. The van der Waals surface area contributed by atoms with Gasteiger partial charge in [-0.3, -0.25) is 34.1 Å². The minimum Gasteiger partial charge on any atom is -0.495 e. The summed E-state index contributed by atoms with van der Waals surface area (Å²) in [7, 11) is 3.20. The maximum absolute atomic E-state index is 13.3. The van der Waals surface area contributed by atoms with Crippen molar-refractivity contribution in [3.63, 3.8) is 0 Å². The molecule has 5 N–H and O–H groups in total. The molecule has 6 amide bonds. The van der Waals surface area contributed by atoms with Crippen LogP contribution in [0.2, 0.25) is 4.34 Å². The molecule has 1 saturated heterocycles. The van der Waals surface area contributed by atoms with Crippen LogP contribution in [0, 0.1) is 0 Å². The average Bonchev–Trinajstić information content (AvgIpc) is 3.78. The molecule has 0 aliphatic carbocycles. The molecule has 0 spiro atoms. The van der Waals surface area contributed by atoms with Crippen molar-refractivity contribution < 1.29 is 33.5 Å². The minimum absolute atomic E-state index is 0.0490. The Kier molecular flexibility index (Phi) is 11.9. The van der Waals surface area contributed by atoms with Crippen LogP contribution in [0.5, 0.6) is 5.75 Å². The Morgan fingerprint density at radius 2 is 1.90 bits per heavy atom. The SMILES string of the molecule is CC[C@@H]1C(=O)N(C)c2cnc(Nc3ccc(C(=O)NCCNCC(=O)Nc4cccc5c4CN(C4CCC(=O)NC4=O)C5=O)cc3OC)nc2N1Cc1ccc(Cl)s1. The number of halogens is 1. The highest BCUT2D eigenvalue weighted by atomic mass is 35.5. The quantitative estimate of drug-likeness (QED) is 0.0916. The van der Waals surface area contributed by atoms with E-state index in [9.17, 15) is 28.8 Å². The number of anilines is 5. The van der Waals surface area contributed by atoms with Gasteiger partial charge in [0.15, 0.2) is 5.82 Å². The van der Waals surface area contributed by atoms with Crippen LogP contribution in [0.25, 0.3) is 0 Å². The van der Waals surface area contributed by atoms with Gasteiger partial charge >= 0.3 is 0 Å². The first-order valence-corrected chi connectivity index (χ1v) is 19.8. The number of fused-ring (bicyclic) bond motifs is 2. The number of aromatic nitrogens is 2. The molecular formula is C39H41ClN10O7S. The van der Waals surface area contributed by atoms with Gasteiger partial charge in [0.2, 0.25) is 29.6 Å². The number of nitrogens with one attached hydrogen (secondary N) is 5. The molecule has 1 fully saturated rings. The Balaban J connectivity index is 0.918. The van der Waals surface area contributed by atoms with Gasteiger partial charge in [0, 0.05) is 60.4 Å². The third-order valence-corrected chi connectivity index (χ3v) is 11.4. The second kappa shape index (κ2) is 17.2. The van der Waals surface area contributed by atoms with Crippen LogP contribution in [0.4, 0.5) is 28.8 Å². The van der Waals surface area contributed by atoms with E-state index in [1.54, 1.807) is 54.5 Å². The smallest absolute Gasteiger partial charge is 0.255 e. The van der Waals surface area contributed by atoms with Crippen LogP contribution in [-0.4, -0.2) is 96.2 Å². The Morgan fingerprint density at radius 1 is 1.07 bits per heavy atom. The second-order valence-corrected chi connectivity index (χ2v) is 15.6. The van der Waals surface area contributed by atoms with Crippen molar-refractivity contribution >= 4 is 87.2 Å². The zero-order valence-corrected chi connectivity index (χ0v) is 33.5. The molecule has 5 heterocycles. The number of nitrogens with zero attached hydrogens (tertiary/aromatic N) is 5. The number of hydrogen-bond acceptors (Lipinski definition) is 13. The number of carbonyl (C=O) groups is 6. The highest BCUT2D eigenvalue weighted by molar-refractivity contribution is 7.16. The Morgan fingerprint density at radius 3 is 2.64 bits per heavy atom. The second-order valence-electron chi connectivity index (χ2n) is 13.8. The molecule has 58 heavy (non-hydrogen) atoms. The number of methoxy groups -OCH3 is 1. The van der Waals surface area contributed by atoms with E-state index in [1.807, 2.05) is 24.0 Å². The predicted molar refractivity (Wildman–Crippen MR) is 218 cm³/mol. The lowest BCUT2D eigenvalue weighted by Gasteiger charge is -2.40. The van der Waals surface area contributed by atoms with Crippen LogP contribution in [0.3, 0.4) is 0 Å². The molecule has 3 aliphatic rings. The molecule has 0 bridgehead atoms. The topological polar surface area (TPSA) is 207 Å². The van der Waals surface area contributed by atoms with E-state index in [0.717, 1.165) is 4.88 Å². The fourth-order valence-corrected chi connectivity index (χ4v) is 8.29. The van der Waals surface area contributed by atoms with Gasteiger partial charge in [-0.25, -0.2) is 4.98 Å². The number of amides is 6. The lowest BCUT2D eigenvalue weighted by Crippen LogP contribution is -2.52. The highest BCUT2D eigenvalue weighted by Gasteiger charge is 2.40. The summed E-state index contributed by atoms with van der Waals surface area (Å²) in [5.41, 5.74) is 2.90. The maximum Gasteiger partial charge on any atom is 0.255 e. The Bertz CT molecular complexity index is 2300. The number of imide groups is 1. The van der Waals surface area contributed by atoms with Crippen LogP contribution >= 0.6 is 22.9 Å². The third-order valence-electron chi connectivity index (χ3n) is 10.2. The van der Waals surface area contributed by atoms with Gasteiger partial charge < -0.3 is 40.7 Å². The molecule has 302 valence electrons. The summed E-state index contributed by atoms with van der Waals surface area (Å²) >= 11 is 7.65. The van der Waals surface area contributed by atoms with Crippen LogP contribution in [0.15, 0.2) is 54.7 Å². The van der Waals surface area contributed by atoms with Crippen molar-refractivity contribution in [2.75, 3.05) is 54.2 Å². The molecule has 1 unspecified atom stereocenters. The first-order chi connectivity index (χ1) is 27.9. The summed E-state index contributed by atoms with van der Waals surface area (Å²) in [4.78, 5) is 91.5. The number of likely N-dealkylation sites (N-methyl/N-ethyl adjacent to an activating group) is 1. The van der Waals surface area contributed by atoms with Crippen LogP contribution in [-0.2, 0) is 32.3 Å². The fourth-order valence-electron chi connectivity index (χ4n) is 7.20. The normalized spacial score (nSPS) is 17.5. The molecule has 2 atom stereocenters. The standard InChI is InChI=1S/C39H41ClN10O7S/c1-4-27-38(56)48(2)29-17-43-39(47-34(29)49(27)19-22-9-12-31(40)58-22)45-26-10-8-21(16-30(26)57-3)35(53)42-15-14-41-18-33(52)44-25-7-5-6-23-24(25)20-50(37(23)55)28-11-13-32(51)46-36(28)54/h5-10,12,16-17,27-28,41H,4,11,13-15,18-20H2,1-3H3,(H,42,53)(H,44,52)(H,43,45,47)(H,46,51,54)/t27-,28?/m1/s1. The van der Waals surface area contributed by atoms with E-state index in [4.69, 9.17) is 21.3 Å². The van der Waals surface area contributed by atoms with Gasteiger partial charge in [-0.15, -0.1) is 11.3 Å². The van der Waals surface area contributed by atoms with Gasteiger partial charge in [0.25, 0.3) is 11.8 Å². The zero-order valence-electron chi connectivity index (χ0n) is 31.9. The first kappa shape index (κ1) is 40.1. The maximum atomic E-state index is 13.3. The third kappa shape index (κ3) is 8.30. The molecular weight excluding hydrogens is 788 g/mol. The van der Waals surface area contributed by atoms with E-state index >= 15 is 0 Å². The highest BCUT2D eigenvalue weighted by Crippen LogP contribution is 2.38. The monoisotopic (exact) mass is 828 g/mol. The molecule has 3 aliphatic heterocycles. The molecule has 2 aromatic carbocycles. The van der Waals surface area contributed by atoms with Crippen LogP contribution in [0.1, 0.15) is 57.3 Å². The number of rotatable bonds is 14. The predicted octanol–water partition coefficient (Wildman–Crippen LogP) is 3.42. The van der Waals surface area contributed by atoms with Crippen molar-refractivity contribution in [2.24, 2.45) is 0 Å². The van der Waals surface area contributed by atoms with Crippen molar-refractivity contribution in [1.29, 1.82) is 0 Å². The molecule has 4 aromatic rings. The van der Waals surface area contributed by atoms with E-state index in [2.05, 4.69) is 31.6 Å². The number of benzene rings is 2. The van der Waals surface area contributed by atoms with Gasteiger partial charge in [-0.1, -0.05) is 24.6 Å². The summed E-state index contributed by atoms with van der Waals surface area (Å²) in [5, 5.41) is 14.1. The lowest BCUT2D eigenvalue weighted by molar-refractivity contribution is -0.137. The summed E-state index contributed by atoms with van der Waals surface area (Å²) < 4.78 is 6.26. The number of ether oxygens (including phenoxy) is 1. The van der Waals surface area contributed by atoms with E-state index in [-0.39, 0.29) is 74.5 Å². The van der Waals surface area contributed by atoms with E-state index in [0.29, 0.717) is 62.6 Å². The van der Waals surface area contributed by atoms with Crippen molar-refractivity contribution in [3.05, 3.63) is 80.6 Å². The fraction of sp³-hybridized carbons (Fsp3) is 0.333. The van der Waals surface area contributed by atoms with Gasteiger partial charge in [-0.05, 0) is 55.3 Å². The minimum atomic E-state index is -0.760. The Labute approximate surface area is 342 Å². The van der Waals surface area contributed by atoms with Crippen molar-refractivity contribution in [3.8, 4) is 5.75 Å². The largest absolute Gasteiger partial charge is 0.495 e. The van der Waals surface area contributed by atoms with Gasteiger partial charge in [-0.2, -0.15) is 4.98 Å².